The summed E-state index contributed by atoms with van der Waals surface area (Å²) in [6, 6.07) is 9.68. The first-order valence-corrected chi connectivity index (χ1v) is 12.3. The SMILES string of the molecule is CCN(CC)S(=O)(=O)c1ccc(C(=O)Oc2c(I)cc(I)cc2I)cc1. The molecular formula is C17H16I3NO4S. The van der Waals surface area contributed by atoms with E-state index in [0.717, 1.165) is 10.7 Å². The summed E-state index contributed by atoms with van der Waals surface area (Å²) in [5, 5.41) is 0. The Kier molecular flexibility index (Phi) is 8.13. The highest BCUT2D eigenvalue weighted by Crippen LogP contribution is 2.30. The number of carbonyl (C=O) groups excluding carboxylic acids is 1. The number of sulfonamides is 1. The summed E-state index contributed by atoms with van der Waals surface area (Å²) in [5.41, 5.74) is 0.300. The lowest BCUT2D eigenvalue weighted by Gasteiger charge is -2.18. The van der Waals surface area contributed by atoms with Crippen LogP contribution in [0.3, 0.4) is 0 Å². The summed E-state index contributed by atoms with van der Waals surface area (Å²) < 4.78 is 34.6. The summed E-state index contributed by atoms with van der Waals surface area (Å²) in [7, 11) is -3.54. The number of rotatable bonds is 6. The molecule has 0 spiro atoms. The molecule has 140 valence electrons. The maximum atomic E-state index is 12.5. The number of nitrogens with zero attached hydrogens (tertiary/aromatic N) is 1. The Labute approximate surface area is 194 Å². The van der Waals surface area contributed by atoms with E-state index in [9.17, 15) is 13.2 Å². The third-order valence-corrected chi connectivity index (χ3v) is 7.88. The van der Waals surface area contributed by atoms with Gasteiger partial charge >= 0.3 is 5.97 Å². The van der Waals surface area contributed by atoms with E-state index in [4.69, 9.17) is 4.74 Å². The Balaban J connectivity index is 2.25. The van der Waals surface area contributed by atoms with Gasteiger partial charge in [-0.2, -0.15) is 4.31 Å². The molecule has 0 saturated heterocycles. The van der Waals surface area contributed by atoms with Crippen LogP contribution >= 0.6 is 67.8 Å². The Morgan fingerprint density at radius 1 is 1.00 bits per heavy atom. The van der Waals surface area contributed by atoms with E-state index in [1.807, 2.05) is 12.1 Å². The average molecular weight is 711 g/mol. The highest BCUT2D eigenvalue weighted by atomic mass is 127. The van der Waals surface area contributed by atoms with Crippen molar-refractivity contribution < 1.29 is 17.9 Å². The Hall–Kier alpha value is 0.0100. The Morgan fingerprint density at radius 2 is 1.50 bits per heavy atom. The summed E-state index contributed by atoms with van der Waals surface area (Å²) in [4.78, 5) is 12.6. The minimum absolute atomic E-state index is 0.163. The number of hydrogen-bond acceptors (Lipinski definition) is 4. The van der Waals surface area contributed by atoms with Gasteiger partial charge < -0.3 is 4.74 Å². The van der Waals surface area contributed by atoms with Crippen LogP contribution in [0.2, 0.25) is 0 Å². The second-order valence-electron chi connectivity index (χ2n) is 5.20. The fraction of sp³-hybridized carbons (Fsp3) is 0.235. The number of hydrogen-bond donors (Lipinski definition) is 0. The molecule has 2 rings (SSSR count). The van der Waals surface area contributed by atoms with Gasteiger partial charge in [0.15, 0.2) is 5.75 Å². The molecule has 0 aromatic heterocycles. The summed E-state index contributed by atoms with van der Waals surface area (Å²) >= 11 is 6.45. The predicted octanol–water partition coefficient (Wildman–Crippen LogP) is 4.75. The van der Waals surface area contributed by atoms with Crippen LogP contribution in [-0.2, 0) is 10.0 Å². The van der Waals surface area contributed by atoms with E-state index < -0.39 is 16.0 Å². The molecule has 26 heavy (non-hydrogen) atoms. The molecule has 0 aliphatic rings. The van der Waals surface area contributed by atoms with Crippen molar-refractivity contribution in [3.8, 4) is 5.75 Å². The minimum atomic E-state index is -3.54. The first-order chi connectivity index (χ1) is 12.2. The molecule has 0 amide bonds. The lowest BCUT2D eigenvalue weighted by Crippen LogP contribution is -2.30. The van der Waals surface area contributed by atoms with Crippen LogP contribution in [0.4, 0.5) is 0 Å². The van der Waals surface area contributed by atoms with Gasteiger partial charge in [-0.25, -0.2) is 13.2 Å². The number of benzene rings is 2. The Bertz CT molecular complexity index is 887. The second-order valence-corrected chi connectivity index (χ2v) is 10.7. The van der Waals surface area contributed by atoms with Crippen molar-refractivity contribution in [3.05, 3.63) is 52.7 Å². The molecule has 2 aromatic rings. The molecule has 0 atom stereocenters. The van der Waals surface area contributed by atoms with E-state index in [1.165, 1.54) is 28.6 Å². The van der Waals surface area contributed by atoms with Crippen LogP contribution in [0.25, 0.3) is 0 Å². The smallest absolute Gasteiger partial charge is 0.343 e. The molecule has 0 saturated carbocycles. The zero-order valence-corrected chi connectivity index (χ0v) is 21.3. The third kappa shape index (κ3) is 5.08. The van der Waals surface area contributed by atoms with E-state index in [2.05, 4.69) is 67.8 Å². The zero-order valence-electron chi connectivity index (χ0n) is 14.0. The summed E-state index contributed by atoms with van der Waals surface area (Å²) in [5.74, 6) is -0.00900. The van der Waals surface area contributed by atoms with Crippen molar-refractivity contribution in [1.82, 2.24) is 4.31 Å². The van der Waals surface area contributed by atoms with Crippen molar-refractivity contribution in [2.75, 3.05) is 13.1 Å². The van der Waals surface area contributed by atoms with Crippen molar-refractivity contribution in [2.45, 2.75) is 18.7 Å². The highest BCUT2D eigenvalue weighted by molar-refractivity contribution is 14.1. The Morgan fingerprint density at radius 3 is 1.96 bits per heavy atom. The van der Waals surface area contributed by atoms with E-state index in [0.29, 0.717) is 24.4 Å². The van der Waals surface area contributed by atoms with Gasteiger partial charge in [-0.1, -0.05) is 13.8 Å². The standard InChI is InChI=1S/C17H16I3NO4S/c1-3-21(4-2)26(23,24)13-7-5-11(6-8-13)17(22)25-16-14(19)9-12(18)10-15(16)20/h5-10H,3-4H2,1-2H3. The van der Waals surface area contributed by atoms with Crippen LogP contribution in [0.15, 0.2) is 41.3 Å². The zero-order chi connectivity index (χ0) is 19.5. The topological polar surface area (TPSA) is 63.7 Å². The fourth-order valence-corrected chi connectivity index (χ4v) is 7.51. The molecule has 0 unspecified atom stereocenters. The minimum Gasteiger partial charge on any atom is -0.421 e. The van der Waals surface area contributed by atoms with E-state index in [1.54, 1.807) is 13.8 Å². The van der Waals surface area contributed by atoms with Gasteiger partial charge in [0.25, 0.3) is 0 Å². The van der Waals surface area contributed by atoms with Crippen molar-refractivity contribution in [1.29, 1.82) is 0 Å². The molecule has 0 N–H and O–H groups in total. The maximum absolute atomic E-state index is 12.5. The molecule has 0 radical (unpaired) electrons. The largest absolute Gasteiger partial charge is 0.421 e. The third-order valence-electron chi connectivity index (χ3n) is 3.59. The van der Waals surface area contributed by atoms with Gasteiger partial charge in [0.2, 0.25) is 10.0 Å². The first kappa shape index (κ1) is 22.3. The molecule has 2 aromatic carbocycles. The molecule has 0 fully saturated rings. The quantitative estimate of drug-likeness (QED) is 0.247. The first-order valence-electron chi connectivity index (χ1n) is 7.67. The number of carbonyl (C=O) groups is 1. The van der Waals surface area contributed by atoms with Gasteiger partial charge in [0, 0.05) is 16.7 Å². The van der Waals surface area contributed by atoms with E-state index >= 15 is 0 Å². The van der Waals surface area contributed by atoms with E-state index in [-0.39, 0.29) is 4.90 Å². The second kappa shape index (κ2) is 9.47. The molecule has 5 nitrogen and oxygen atoms in total. The molecule has 0 aliphatic heterocycles. The lowest BCUT2D eigenvalue weighted by molar-refractivity contribution is 0.0732. The van der Waals surface area contributed by atoms with Crippen LogP contribution in [0.5, 0.6) is 5.75 Å². The van der Waals surface area contributed by atoms with Gasteiger partial charge in [-0.05, 0) is 104 Å². The normalized spacial score (nSPS) is 11.6. The molecular weight excluding hydrogens is 695 g/mol. The van der Waals surface area contributed by atoms with Crippen molar-refractivity contribution >= 4 is 83.8 Å². The maximum Gasteiger partial charge on any atom is 0.343 e. The van der Waals surface area contributed by atoms with Crippen molar-refractivity contribution in [2.24, 2.45) is 0 Å². The number of esters is 1. The number of halogens is 3. The van der Waals surface area contributed by atoms with Crippen LogP contribution in [-0.4, -0.2) is 31.8 Å². The van der Waals surface area contributed by atoms with Crippen LogP contribution in [0, 0.1) is 10.7 Å². The summed E-state index contributed by atoms with van der Waals surface area (Å²) in [6.07, 6.45) is 0. The van der Waals surface area contributed by atoms with Gasteiger partial charge in [0.05, 0.1) is 17.6 Å². The van der Waals surface area contributed by atoms with Crippen molar-refractivity contribution in [3.63, 3.8) is 0 Å². The highest BCUT2D eigenvalue weighted by Gasteiger charge is 2.22. The molecule has 9 heteroatoms. The fourth-order valence-electron chi connectivity index (χ4n) is 2.25. The molecule has 0 heterocycles. The molecule has 0 aliphatic carbocycles. The number of ether oxygens (including phenoxy) is 1. The predicted molar refractivity (Wildman–Crippen MR) is 126 cm³/mol. The lowest BCUT2D eigenvalue weighted by atomic mass is 10.2. The molecule has 0 bridgehead atoms. The van der Waals surface area contributed by atoms with Gasteiger partial charge in [-0.3, -0.25) is 0 Å². The van der Waals surface area contributed by atoms with Crippen LogP contribution in [0.1, 0.15) is 24.2 Å². The summed E-state index contributed by atoms with van der Waals surface area (Å²) in [6.45, 7) is 4.37. The van der Waals surface area contributed by atoms with Gasteiger partial charge in [0.1, 0.15) is 0 Å². The van der Waals surface area contributed by atoms with Gasteiger partial charge in [-0.15, -0.1) is 0 Å². The average Bonchev–Trinajstić information content (AvgIpc) is 2.58. The van der Waals surface area contributed by atoms with Crippen LogP contribution < -0.4 is 4.74 Å². The monoisotopic (exact) mass is 711 g/mol.